The average Bonchev–Trinajstić information content (AvgIpc) is 2.98. The SMILES string of the molecule is COc1ccc2oc(C(=O)OCC(=O)Nc3ccc(C)cc3Br)c(C)c2c1. The third-order valence-corrected chi connectivity index (χ3v) is 4.72. The number of carbonyl (C=O) groups is 2. The number of aryl methyl sites for hydroxylation is 2. The van der Waals surface area contributed by atoms with Crippen LogP contribution in [0.4, 0.5) is 5.69 Å². The number of benzene rings is 2. The topological polar surface area (TPSA) is 77.8 Å². The van der Waals surface area contributed by atoms with Crippen LogP contribution in [0.2, 0.25) is 0 Å². The average molecular weight is 432 g/mol. The molecule has 7 heteroatoms. The van der Waals surface area contributed by atoms with E-state index in [9.17, 15) is 9.59 Å². The van der Waals surface area contributed by atoms with Crippen molar-refractivity contribution in [2.45, 2.75) is 13.8 Å². The van der Waals surface area contributed by atoms with Crippen molar-refractivity contribution in [1.29, 1.82) is 0 Å². The molecule has 3 aromatic rings. The van der Waals surface area contributed by atoms with Crippen LogP contribution in [-0.2, 0) is 9.53 Å². The fourth-order valence-corrected chi connectivity index (χ4v) is 3.22. The smallest absolute Gasteiger partial charge is 0.375 e. The molecular weight excluding hydrogens is 414 g/mol. The maximum atomic E-state index is 12.3. The van der Waals surface area contributed by atoms with Crippen molar-refractivity contribution in [3.63, 3.8) is 0 Å². The van der Waals surface area contributed by atoms with Crippen LogP contribution in [0.3, 0.4) is 0 Å². The van der Waals surface area contributed by atoms with Gasteiger partial charge in [-0.05, 0) is 65.7 Å². The van der Waals surface area contributed by atoms with E-state index < -0.39 is 18.5 Å². The number of esters is 1. The lowest BCUT2D eigenvalue weighted by atomic mass is 10.1. The number of amides is 1. The zero-order valence-electron chi connectivity index (χ0n) is 15.1. The Labute approximate surface area is 164 Å². The third kappa shape index (κ3) is 4.14. The third-order valence-electron chi connectivity index (χ3n) is 4.06. The molecule has 140 valence electrons. The minimum Gasteiger partial charge on any atom is -0.497 e. The second-order valence-corrected chi connectivity index (χ2v) is 6.88. The number of methoxy groups -OCH3 is 1. The lowest BCUT2D eigenvalue weighted by Gasteiger charge is -2.08. The van der Waals surface area contributed by atoms with E-state index in [1.54, 1.807) is 38.3 Å². The van der Waals surface area contributed by atoms with Crippen molar-refractivity contribution < 1.29 is 23.5 Å². The van der Waals surface area contributed by atoms with Crippen LogP contribution < -0.4 is 10.1 Å². The fraction of sp³-hybridized carbons (Fsp3) is 0.200. The van der Waals surface area contributed by atoms with Gasteiger partial charge < -0.3 is 19.2 Å². The maximum Gasteiger partial charge on any atom is 0.375 e. The number of halogens is 1. The second kappa shape index (κ2) is 7.84. The van der Waals surface area contributed by atoms with E-state index in [-0.39, 0.29) is 5.76 Å². The minimum atomic E-state index is -0.694. The Morgan fingerprint density at radius 2 is 1.93 bits per heavy atom. The summed E-state index contributed by atoms with van der Waals surface area (Å²) in [6.45, 7) is 3.29. The summed E-state index contributed by atoms with van der Waals surface area (Å²) in [5.41, 5.74) is 2.85. The first-order valence-corrected chi connectivity index (χ1v) is 8.98. The van der Waals surface area contributed by atoms with Gasteiger partial charge in [-0.3, -0.25) is 4.79 Å². The van der Waals surface area contributed by atoms with E-state index in [0.717, 1.165) is 15.4 Å². The number of anilines is 1. The van der Waals surface area contributed by atoms with E-state index >= 15 is 0 Å². The van der Waals surface area contributed by atoms with Gasteiger partial charge >= 0.3 is 5.97 Å². The summed E-state index contributed by atoms with van der Waals surface area (Å²) in [5, 5.41) is 3.45. The molecule has 2 aromatic carbocycles. The van der Waals surface area contributed by atoms with Gasteiger partial charge in [0.25, 0.3) is 5.91 Å². The van der Waals surface area contributed by atoms with Gasteiger partial charge in [0.2, 0.25) is 5.76 Å². The van der Waals surface area contributed by atoms with Gasteiger partial charge in [-0.15, -0.1) is 0 Å². The van der Waals surface area contributed by atoms with Gasteiger partial charge in [-0.2, -0.15) is 0 Å². The van der Waals surface area contributed by atoms with Crippen LogP contribution in [0.1, 0.15) is 21.7 Å². The standard InChI is InChI=1S/C20H18BrNO5/c1-11-4-6-16(15(21)8-11)22-18(23)10-26-20(24)19-12(2)14-9-13(25-3)5-7-17(14)27-19/h4-9H,10H2,1-3H3,(H,22,23). The molecule has 0 aliphatic rings. The molecule has 1 heterocycles. The van der Waals surface area contributed by atoms with Gasteiger partial charge in [-0.1, -0.05) is 6.07 Å². The van der Waals surface area contributed by atoms with Crippen molar-refractivity contribution in [3.05, 3.63) is 57.8 Å². The first-order valence-electron chi connectivity index (χ1n) is 8.19. The highest BCUT2D eigenvalue weighted by Crippen LogP contribution is 2.29. The lowest BCUT2D eigenvalue weighted by molar-refractivity contribution is -0.119. The zero-order chi connectivity index (χ0) is 19.6. The largest absolute Gasteiger partial charge is 0.497 e. The Balaban J connectivity index is 1.67. The van der Waals surface area contributed by atoms with Gasteiger partial charge in [-0.25, -0.2) is 4.79 Å². The van der Waals surface area contributed by atoms with Crippen molar-refractivity contribution >= 4 is 44.5 Å². The quantitative estimate of drug-likeness (QED) is 0.596. The van der Waals surface area contributed by atoms with Gasteiger partial charge in [0.15, 0.2) is 6.61 Å². The van der Waals surface area contributed by atoms with Crippen LogP contribution in [-0.4, -0.2) is 25.6 Å². The Morgan fingerprint density at radius 3 is 2.63 bits per heavy atom. The molecule has 6 nitrogen and oxygen atoms in total. The number of ether oxygens (including phenoxy) is 2. The molecule has 0 aliphatic carbocycles. The Morgan fingerprint density at radius 1 is 1.15 bits per heavy atom. The van der Waals surface area contributed by atoms with Crippen molar-refractivity contribution in [3.8, 4) is 5.75 Å². The summed E-state index contributed by atoms with van der Waals surface area (Å²) in [4.78, 5) is 24.4. The highest BCUT2D eigenvalue weighted by Gasteiger charge is 2.20. The monoisotopic (exact) mass is 431 g/mol. The molecule has 0 fully saturated rings. The summed E-state index contributed by atoms with van der Waals surface area (Å²) in [7, 11) is 1.57. The number of hydrogen-bond acceptors (Lipinski definition) is 5. The summed E-state index contributed by atoms with van der Waals surface area (Å²) in [6.07, 6.45) is 0. The maximum absolute atomic E-state index is 12.3. The summed E-state index contributed by atoms with van der Waals surface area (Å²) in [6, 6.07) is 10.8. The molecule has 0 saturated carbocycles. The highest BCUT2D eigenvalue weighted by molar-refractivity contribution is 9.10. The summed E-state index contributed by atoms with van der Waals surface area (Å²) >= 11 is 3.39. The van der Waals surface area contributed by atoms with Crippen LogP contribution >= 0.6 is 15.9 Å². The fourth-order valence-electron chi connectivity index (χ4n) is 2.63. The van der Waals surface area contributed by atoms with Gasteiger partial charge in [0, 0.05) is 15.4 Å². The van der Waals surface area contributed by atoms with Crippen LogP contribution in [0.15, 0.2) is 45.3 Å². The van der Waals surface area contributed by atoms with Crippen molar-refractivity contribution in [2.24, 2.45) is 0 Å². The minimum absolute atomic E-state index is 0.0718. The molecule has 0 radical (unpaired) electrons. The first-order chi connectivity index (χ1) is 12.9. The Hall–Kier alpha value is -2.80. The van der Waals surface area contributed by atoms with E-state index in [2.05, 4.69) is 21.2 Å². The van der Waals surface area contributed by atoms with Crippen molar-refractivity contribution in [1.82, 2.24) is 0 Å². The van der Waals surface area contributed by atoms with E-state index in [1.165, 1.54) is 0 Å². The predicted molar refractivity (Wildman–Crippen MR) is 105 cm³/mol. The van der Waals surface area contributed by atoms with Gasteiger partial charge in [0.05, 0.1) is 12.8 Å². The molecule has 0 saturated heterocycles. The van der Waals surface area contributed by atoms with E-state index in [4.69, 9.17) is 13.9 Å². The van der Waals surface area contributed by atoms with Gasteiger partial charge in [0.1, 0.15) is 11.3 Å². The molecule has 0 unspecified atom stereocenters. The molecule has 1 aromatic heterocycles. The molecule has 0 atom stereocenters. The van der Waals surface area contributed by atoms with Crippen LogP contribution in [0.5, 0.6) is 5.75 Å². The number of fused-ring (bicyclic) bond motifs is 1. The predicted octanol–water partition coefficient (Wildman–Crippen LogP) is 4.62. The number of carbonyl (C=O) groups excluding carboxylic acids is 2. The van der Waals surface area contributed by atoms with E-state index in [0.29, 0.717) is 22.6 Å². The molecule has 0 spiro atoms. The Kier molecular flexibility index (Phi) is 5.51. The molecule has 1 amide bonds. The molecular formula is C20H18BrNO5. The molecule has 1 N–H and O–H groups in total. The summed E-state index contributed by atoms with van der Waals surface area (Å²) in [5.74, 6) is -0.402. The number of nitrogens with one attached hydrogen (secondary N) is 1. The van der Waals surface area contributed by atoms with Crippen LogP contribution in [0, 0.1) is 13.8 Å². The second-order valence-electron chi connectivity index (χ2n) is 6.03. The normalized spacial score (nSPS) is 10.7. The zero-order valence-corrected chi connectivity index (χ0v) is 16.7. The molecule has 0 bridgehead atoms. The van der Waals surface area contributed by atoms with Crippen LogP contribution in [0.25, 0.3) is 11.0 Å². The molecule has 27 heavy (non-hydrogen) atoms. The number of hydrogen-bond donors (Lipinski definition) is 1. The molecule has 0 aliphatic heterocycles. The highest BCUT2D eigenvalue weighted by atomic mass is 79.9. The van der Waals surface area contributed by atoms with Crippen molar-refractivity contribution in [2.75, 3.05) is 19.0 Å². The number of furan rings is 1. The Bertz CT molecular complexity index is 1020. The molecule has 3 rings (SSSR count). The first kappa shape index (κ1) is 19.0. The lowest BCUT2D eigenvalue weighted by Crippen LogP contribution is -2.21. The van der Waals surface area contributed by atoms with E-state index in [1.807, 2.05) is 19.1 Å². The summed E-state index contributed by atoms with van der Waals surface area (Å²) < 4.78 is 16.6. The number of rotatable bonds is 5.